The lowest BCUT2D eigenvalue weighted by atomic mass is 10.0. The molecule has 9 nitrogen and oxygen atoms in total. The molecular weight excluding hydrogens is 631 g/mol. The average molecular weight is 703 g/mol. The molecule has 0 aliphatic rings. The molecule has 3 atom stereocenters. The van der Waals surface area contributed by atoms with Crippen LogP contribution in [0.25, 0.3) is 0 Å². The first-order valence-electron chi connectivity index (χ1n) is 19.0. The normalized spacial score (nSPS) is 14.7. The quantitative estimate of drug-likeness (QED) is 0.0253. The van der Waals surface area contributed by atoms with Crippen molar-refractivity contribution in [3.05, 3.63) is 36.5 Å². The number of carbonyl (C=O) groups excluding carboxylic acids is 1. The number of hydrogen-bond acceptors (Lipinski definition) is 8. The van der Waals surface area contributed by atoms with Gasteiger partial charge in [-0.05, 0) is 44.9 Å². The summed E-state index contributed by atoms with van der Waals surface area (Å²) in [6, 6.07) is 0. The highest BCUT2D eigenvalue weighted by Gasteiger charge is 2.26. The van der Waals surface area contributed by atoms with Gasteiger partial charge in [-0.2, -0.15) is 0 Å². The molecule has 0 fully saturated rings. The van der Waals surface area contributed by atoms with Crippen LogP contribution in [0.2, 0.25) is 0 Å². The number of hydrogen-bond donors (Lipinski definition) is 3. The van der Waals surface area contributed by atoms with Crippen molar-refractivity contribution < 1.29 is 43.0 Å². The van der Waals surface area contributed by atoms with E-state index in [2.05, 4.69) is 50.3 Å². The first-order valence-corrected chi connectivity index (χ1v) is 20.5. The number of unbranched alkanes of at least 4 members (excludes halogenated alkanes) is 16. The van der Waals surface area contributed by atoms with Gasteiger partial charge in [0.1, 0.15) is 12.2 Å². The SMILES string of the molecule is CC/C=C\C/C=C\C/C=C\CCCCCCOCC(COP(=O)(O)OCC(O)CO)OC(=O)CCCCCCCCCCCCCCC. The van der Waals surface area contributed by atoms with Gasteiger partial charge in [0.15, 0.2) is 0 Å². The van der Waals surface area contributed by atoms with Gasteiger partial charge in [-0.25, -0.2) is 4.57 Å². The van der Waals surface area contributed by atoms with Gasteiger partial charge in [0.25, 0.3) is 0 Å². The Morgan fingerprint density at radius 3 is 1.79 bits per heavy atom. The highest BCUT2D eigenvalue weighted by Crippen LogP contribution is 2.43. The summed E-state index contributed by atoms with van der Waals surface area (Å²) in [6.07, 6.45) is 35.3. The minimum atomic E-state index is -4.51. The van der Waals surface area contributed by atoms with Crippen LogP contribution < -0.4 is 0 Å². The first kappa shape index (κ1) is 46.7. The molecule has 0 aromatic rings. The molecule has 10 heteroatoms. The van der Waals surface area contributed by atoms with Crippen LogP contribution in [0, 0.1) is 0 Å². The highest BCUT2D eigenvalue weighted by molar-refractivity contribution is 7.47. The Kier molecular flexibility index (Phi) is 34.5. The predicted molar refractivity (Wildman–Crippen MR) is 196 cm³/mol. The lowest BCUT2D eigenvalue weighted by Gasteiger charge is -2.20. The number of esters is 1. The van der Waals surface area contributed by atoms with E-state index < -0.39 is 39.2 Å². The summed E-state index contributed by atoms with van der Waals surface area (Å²) in [5.41, 5.74) is 0. The fraction of sp³-hybridized carbons (Fsp3) is 0.816. The Bertz CT molecular complexity index is 846. The van der Waals surface area contributed by atoms with Gasteiger partial charge in [-0.3, -0.25) is 13.8 Å². The molecule has 0 amide bonds. The van der Waals surface area contributed by atoms with Crippen LogP contribution in [0.4, 0.5) is 0 Å². The fourth-order valence-electron chi connectivity index (χ4n) is 4.96. The van der Waals surface area contributed by atoms with Crippen molar-refractivity contribution in [1.82, 2.24) is 0 Å². The molecule has 0 aliphatic heterocycles. The van der Waals surface area contributed by atoms with E-state index in [1.165, 1.54) is 64.2 Å². The molecule has 0 spiro atoms. The largest absolute Gasteiger partial charge is 0.472 e. The number of rotatable bonds is 36. The van der Waals surface area contributed by atoms with Crippen molar-refractivity contribution >= 4 is 13.8 Å². The summed E-state index contributed by atoms with van der Waals surface area (Å²) in [4.78, 5) is 22.5. The Labute approximate surface area is 293 Å². The van der Waals surface area contributed by atoms with E-state index in [-0.39, 0.29) is 19.6 Å². The Morgan fingerprint density at radius 1 is 0.667 bits per heavy atom. The number of allylic oxidation sites excluding steroid dienone is 6. The number of aliphatic hydroxyl groups is 2. The smallest absolute Gasteiger partial charge is 0.457 e. The van der Waals surface area contributed by atoms with E-state index in [1.807, 2.05) is 0 Å². The van der Waals surface area contributed by atoms with E-state index >= 15 is 0 Å². The fourth-order valence-corrected chi connectivity index (χ4v) is 5.75. The van der Waals surface area contributed by atoms with Crippen molar-refractivity contribution in [1.29, 1.82) is 0 Å². The maximum absolute atomic E-state index is 12.5. The van der Waals surface area contributed by atoms with Gasteiger partial charge in [0, 0.05) is 13.0 Å². The molecule has 0 radical (unpaired) electrons. The zero-order valence-electron chi connectivity index (χ0n) is 30.4. The Morgan fingerprint density at radius 2 is 1.19 bits per heavy atom. The molecule has 0 aromatic heterocycles. The molecule has 0 bridgehead atoms. The van der Waals surface area contributed by atoms with Gasteiger partial charge < -0.3 is 24.6 Å². The van der Waals surface area contributed by atoms with E-state index in [0.717, 1.165) is 70.6 Å². The lowest BCUT2D eigenvalue weighted by molar-refractivity contribution is -0.154. The minimum Gasteiger partial charge on any atom is -0.457 e. The molecule has 0 aliphatic carbocycles. The summed E-state index contributed by atoms with van der Waals surface area (Å²) in [5.74, 6) is -0.392. The third kappa shape index (κ3) is 34.5. The Balaban J connectivity index is 4.27. The molecule has 0 aromatic carbocycles. The predicted octanol–water partition coefficient (Wildman–Crippen LogP) is 9.69. The third-order valence-electron chi connectivity index (χ3n) is 7.84. The van der Waals surface area contributed by atoms with Gasteiger partial charge in [-0.1, -0.05) is 140 Å². The van der Waals surface area contributed by atoms with Gasteiger partial charge >= 0.3 is 13.8 Å². The number of phosphoric ester groups is 1. The summed E-state index contributed by atoms with van der Waals surface area (Å²) in [7, 11) is -4.51. The van der Waals surface area contributed by atoms with Gasteiger partial charge in [-0.15, -0.1) is 0 Å². The van der Waals surface area contributed by atoms with Crippen LogP contribution in [-0.2, 0) is 27.9 Å². The van der Waals surface area contributed by atoms with Crippen molar-refractivity contribution in [2.75, 3.05) is 33.0 Å². The standard InChI is InChI=1S/C38H71O9P/c1-3-5-7-9-11-13-15-17-19-21-23-25-27-29-31-44-34-37(35-46-48(42,43)45-33-36(40)32-39)47-38(41)30-28-26-24-22-20-18-16-14-12-10-8-6-4-2/h5,7,11,13,17,19,36-37,39-40H,3-4,6,8-10,12,14-16,18,20-35H2,1-2H3,(H,42,43)/b7-5-,13-11-,19-17-. The molecule has 0 heterocycles. The first-order chi connectivity index (χ1) is 23.3. The molecule has 282 valence electrons. The van der Waals surface area contributed by atoms with Crippen molar-refractivity contribution in [2.24, 2.45) is 0 Å². The van der Waals surface area contributed by atoms with Crippen molar-refractivity contribution in [3.63, 3.8) is 0 Å². The molecule has 0 saturated carbocycles. The number of carbonyl (C=O) groups is 1. The van der Waals surface area contributed by atoms with Crippen molar-refractivity contribution in [2.45, 2.75) is 167 Å². The number of ether oxygens (including phenoxy) is 2. The molecule has 0 saturated heterocycles. The van der Waals surface area contributed by atoms with Crippen LogP contribution >= 0.6 is 7.82 Å². The average Bonchev–Trinajstić information content (AvgIpc) is 3.07. The van der Waals surface area contributed by atoms with Crippen LogP contribution in [0.5, 0.6) is 0 Å². The highest BCUT2D eigenvalue weighted by atomic mass is 31.2. The Hall–Kier alpha value is -1.32. The molecule has 3 N–H and O–H groups in total. The second-order valence-electron chi connectivity index (χ2n) is 12.6. The summed E-state index contributed by atoms with van der Waals surface area (Å²) < 4.78 is 33.2. The monoisotopic (exact) mass is 702 g/mol. The van der Waals surface area contributed by atoms with Crippen LogP contribution in [0.15, 0.2) is 36.5 Å². The van der Waals surface area contributed by atoms with Gasteiger partial charge in [0.2, 0.25) is 0 Å². The van der Waals surface area contributed by atoms with Crippen LogP contribution in [0.1, 0.15) is 155 Å². The molecule has 0 rings (SSSR count). The maximum atomic E-state index is 12.5. The second kappa shape index (κ2) is 35.5. The molecular formula is C38H71O9P. The van der Waals surface area contributed by atoms with E-state index in [1.54, 1.807) is 0 Å². The van der Waals surface area contributed by atoms with Crippen molar-refractivity contribution in [3.8, 4) is 0 Å². The summed E-state index contributed by atoms with van der Waals surface area (Å²) in [5, 5.41) is 18.3. The third-order valence-corrected chi connectivity index (χ3v) is 8.79. The summed E-state index contributed by atoms with van der Waals surface area (Å²) >= 11 is 0. The summed E-state index contributed by atoms with van der Waals surface area (Å²) in [6.45, 7) is 3.34. The number of aliphatic hydroxyl groups excluding tert-OH is 2. The van der Waals surface area contributed by atoms with E-state index in [0.29, 0.717) is 6.61 Å². The zero-order valence-corrected chi connectivity index (χ0v) is 31.3. The zero-order chi connectivity index (χ0) is 35.4. The van der Waals surface area contributed by atoms with Gasteiger partial charge in [0.05, 0.1) is 26.4 Å². The maximum Gasteiger partial charge on any atom is 0.472 e. The van der Waals surface area contributed by atoms with E-state index in [9.17, 15) is 19.4 Å². The topological polar surface area (TPSA) is 132 Å². The van der Waals surface area contributed by atoms with Crippen LogP contribution in [0.3, 0.4) is 0 Å². The van der Waals surface area contributed by atoms with E-state index in [4.69, 9.17) is 23.6 Å². The molecule has 48 heavy (non-hydrogen) atoms. The second-order valence-corrected chi connectivity index (χ2v) is 14.0. The van der Waals surface area contributed by atoms with Crippen LogP contribution in [-0.4, -0.2) is 66.3 Å². The molecule has 3 unspecified atom stereocenters. The lowest BCUT2D eigenvalue weighted by Crippen LogP contribution is -2.29. The minimum absolute atomic E-state index is 0.0358. The number of phosphoric acid groups is 1.